The van der Waals surface area contributed by atoms with E-state index in [0.717, 1.165) is 16.6 Å². The van der Waals surface area contributed by atoms with Gasteiger partial charge >= 0.3 is 0 Å². The molecule has 1 amide bonds. The van der Waals surface area contributed by atoms with Crippen LogP contribution in [0.25, 0.3) is 5.69 Å². The Morgan fingerprint density at radius 1 is 1.19 bits per heavy atom. The summed E-state index contributed by atoms with van der Waals surface area (Å²) in [4.78, 5) is 16.7. The second-order valence-electron chi connectivity index (χ2n) is 5.54. The maximum atomic E-state index is 12.3. The summed E-state index contributed by atoms with van der Waals surface area (Å²) in [7, 11) is 1.58. The molecule has 27 heavy (non-hydrogen) atoms. The van der Waals surface area contributed by atoms with Gasteiger partial charge in [0.25, 0.3) is 0 Å². The molecule has 1 N–H and O–H groups in total. The normalized spacial score (nSPS) is 10.4. The molecule has 0 spiro atoms. The van der Waals surface area contributed by atoms with Crippen LogP contribution in [-0.4, -0.2) is 34.9 Å². The third-order valence-corrected chi connectivity index (χ3v) is 4.71. The summed E-state index contributed by atoms with van der Waals surface area (Å²) in [5.74, 6) is 1.58. The molecular formula is C20H21N3O3S. The molecule has 3 aromatic rings. The maximum Gasteiger partial charge on any atom is 0.234 e. The van der Waals surface area contributed by atoms with Gasteiger partial charge in [-0.3, -0.25) is 9.36 Å². The van der Waals surface area contributed by atoms with Crippen LogP contribution in [0.2, 0.25) is 0 Å². The fourth-order valence-electron chi connectivity index (χ4n) is 2.53. The van der Waals surface area contributed by atoms with Crippen LogP contribution < -0.4 is 14.8 Å². The van der Waals surface area contributed by atoms with Crippen LogP contribution in [0, 0.1) is 0 Å². The van der Waals surface area contributed by atoms with Crippen molar-refractivity contribution in [3.63, 3.8) is 0 Å². The summed E-state index contributed by atoms with van der Waals surface area (Å²) >= 11 is 1.37. The second kappa shape index (κ2) is 9.14. The van der Waals surface area contributed by atoms with Gasteiger partial charge in [-0.05, 0) is 43.3 Å². The lowest BCUT2D eigenvalue weighted by Crippen LogP contribution is -2.15. The van der Waals surface area contributed by atoms with Crippen LogP contribution in [0.4, 0.5) is 5.69 Å². The van der Waals surface area contributed by atoms with Crippen molar-refractivity contribution in [1.82, 2.24) is 9.55 Å². The Morgan fingerprint density at radius 3 is 2.70 bits per heavy atom. The standard InChI is InChI=1S/C20H21N3O3S/c1-3-26-16-10-8-15(9-11-16)23-13-12-21-20(23)27-14-19(24)22-17-6-4-5-7-18(17)25-2/h4-13H,3,14H2,1-2H3,(H,22,24). The van der Waals surface area contributed by atoms with Crippen LogP contribution in [0.5, 0.6) is 11.5 Å². The van der Waals surface area contributed by atoms with Crippen LogP contribution in [0.15, 0.2) is 66.1 Å². The Balaban J connectivity index is 1.63. The number of benzene rings is 2. The van der Waals surface area contributed by atoms with Crippen LogP contribution in [0.3, 0.4) is 0 Å². The minimum absolute atomic E-state index is 0.120. The van der Waals surface area contributed by atoms with Gasteiger partial charge in [0, 0.05) is 18.1 Å². The fraction of sp³-hybridized carbons (Fsp3) is 0.200. The van der Waals surface area contributed by atoms with Crippen molar-refractivity contribution in [2.45, 2.75) is 12.1 Å². The zero-order valence-corrected chi connectivity index (χ0v) is 16.0. The van der Waals surface area contributed by atoms with Gasteiger partial charge in [0.15, 0.2) is 5.16 Å². The number of carbonyl (C=O) groups excluding carboxylic acids is 1. The maximum absolute atomic E-state index is 12.3. The minimum atomic E-state index is -0.120. The van der Waals surface area contributed by atoms with E-state index >= 15 is 0 Å². The van der Waals surface area contributed by atoms with Gasteiger partial charge in [-0.25, -0.2) is 4.98 Å². The third kappa shape index (κ3) is 4.83. The molecule has 0 aliphatic heterocycles. The molecule has 1 heterocycles. The summed E-state index contributed by atoms with van der Waals surface area (Å²) in [6.45, 7) is 2.58. The van der Waals surface area contributed by atoms with E-state index in [1.54, 1.807) is 19.4 Å². The first-order valence-electron chi connectivity index (χ1n) is 8.53. The van der Waals surface area contributed by atoms with Gasteiger partial charge in [-0.2, -0.15) is 0 Å². The number of methoxy groups -OCH3 is 1. The van der Waals surface area contributed by atoms with Gasteiger partial charge in [-0.1, -0.05) is 23.9 Å². The van der Waals surface area contributed by atoms with Crippen molar-refractivity contribution in [2.24, 2.45) is 0 Å². The molecule has 0 atom stereocenters. The lowest BCUT2D eigenvalue weighted by molar-refractivity contribution is -0.113. The summed E-state index contributed by atoms with van der Waals surface area (Å²) < 4.78 is 12.7. The number of imidazole rings is 1. The topological polar surface area (TPSA) is 65.4 Å². The van der Waals surface area contributed by atoms with E-state index in [1.165, 1.54) is 11.8 Å². The quantitative estimate of drug-likeness (QED) is 0.596. The molecule has 0 aliphatic rings. The Labute approximate surface area is 162 Å². The molecule has 140 valence electrons. The van der Waals surface area contributed by atoms with Gasteiger partial charge in [0.05, 0.1) is 25.2 Å². The Kier molecular flexibility index (Phi) is 6.38. The molecule has 0 radical (unpaired) electrons. The second-order valence-corrected chi connectivity index (χ2v) is 6.49. The van der Waals surface area contributed by atoms with Crippen molar-refractivity contribution in [3.8, 4) is 17.2 Å². The molecule has 1 aromatic heterocycles. The van der Waals surface area contributed by atoms with Crippen LogP contribution in [0.1, 0.15) is 6.92 Å². The average molecular weight is 383 g/mol. The van der Waals surface area contributed by atoms with E-state index in [2.05, 4.69) is 10.3 Å². The van der Waals surface area contributed by atoms with Crippen molar-refractivity contribution >= 4 is 23.4 Å². The number of rotatable bonds is 8. The number of anilines is 1. The van der Waals surface area contributed by atoms with E-state index in [4.69, 9.17) is 9.47 Å². The van der Waals surface area contributed by atoms with Gasteiger partial charge in [0.2, 0.25) is 5.91 Å². The van der Waals surface area contributed by atoms with E-state index < -0.39 is 0 Å². The molecule has 0 fully saturated rings. The minimum Gasteiger partial charge on any atom is -0.495 e. The van der Waals surface area contributed by atoms with E-state index in [1.807, 2.05) is 60.2 Å². The SMILES string of the molecule is CCOc1ccc(-n2ccnc2SCC(=O)Nc2ccccc2OC)cc1. The van der Waals surface area contributed by atoms with E-state index in [-0.39, 0.29) is 11.7 Å². The molecule has 0 bridgehead atoms. The number of nitrogens with one attached hydrogen (secondary N) is 1. The number of carbonyl (C=O) groups is 1. The smallest absolute Gasteiger partial charge is 0.234 e. The highest BCUT2D eigenvalue weighted by atomic mass is 32.2. The molecule has 0 aliphatic carbocycles. The van der Waals surface area contributed by atoms with Crippen LogP contribution >= 0.6 is 11.8 Å². The summed E-state index contributed by atoms with van der Waals surface area (Å²) in [5.41, 5.74) is 1.61. The van der Waals surface area contributed by atoms with E-state index in [9.17, 15) is 4.79 Å². The highest BCUT2D eigenvalue weighted by Gasteiger charge is 2.11. The first kappa shape index (κ1) is 18.8. The number of nitrogens with zero attached hydrogens (tertiary/aromatic N) is 2. The Hall–Kier alpha value is -2.93. The fourth-order valence-corrected chi connectivity index (χ4v) is 3.30. The molecule has 6 nitrogen and oxygen atoms in total. The number of hydrogen-bond acceptors (Lipinski definition) is 5. The molecule has 0 saturated heterocycles. The summed E-state index contributed by atoms with van der Waals surface area (Å²) in [5, 5.41) is 3.61. The third-order valence-electron chi connectivity index (χ3n) is 3.75. The average Bonchev–Trinajstić information content (AvgIpc) is 3.16. The van der Waals surface area contributed by atoms with E-state index in [0.29, 0.717) is 18.0 Å². The number of aromatic nitrogens is 2. The first-order valence-corrected chi connectivity index (χ1v) is 9.52. The zero-order chi connectivity index (χ0) is 19.1. The predicted octanol–water partition coefficient (Wildman–Crippen LogP) is 4.01. The summed E-state index contributed by atoms with van der Waals surface area (Å²) in [6, 6.07) is 15.1. The van der Waals surface area contributed by atoms with Crippen LogP contribution in [-0.2, 0) is 4.79 Å². The van der Waals surface area contributed by atoms with Gasteiger partial charge < -0.3 is 14.8 Å². The monoisotopic (exact) mass is 383 g/mol. The lowest BCUT2D eigenvalue weighted by atomic mass is 10.3. The van der Waals surface area contributed by atoms with Gasteiger partial charge in [-0.15, -0.1) is 0 Å². The molecular weight excluding hydrogens is 362 g/mol. The van der Waals surface area contributed by atoms with Crippen molar-refractivity contribution in [2.75, 3.05) is 24.8 Å². The van der Waals surface area contributed by atoms with Crippen molar-refractivity contribution in [1.29, 1.82) is 0 Å². The number of hydrogen-bond donors (Lipinski definition) is 1. The molecule has 0 unspecified atom stereocenters. The largest absolute Gasteiger partial charge is 0.495 e. The highest BCUT2D eigenvalue weighted by molar-refractivity contribution is 7.99. The molecule has 2 aromatic carbocycles. The Bertz CT molecular complexity index is 893. The van der Waals surface area contributed by atoms with Gasteiger partial charge in [0.1, 0.15) is 11.5 Å². The highest BCUT2D eigenvalue weighted by Crippen LogP contribution is 2.25. The predicted molar refractivity (Wildman–Crippen MR) is 107 cm³/mol. The Morgan fingerprint density at radius 2 is 1.96 bits per heavy atom. The number of thioether (sulfide) groups is 1. The van der Waals surface area contributed by atoms with Crippen molar-refractivity contribution < 1.29 is 14.3 Å². The molecule has 0 saturated carbocycles. The zero-order valence-electron chi connectivity index (χ0n) is 15.2. The number of amides is 1. The number of para-hydroxylation sites is 2. The number of ether oxygens (including phenoxy) is 2. The molecule has 7 heteroatoms. The lowest BCUT2D eigenvalue weighted by Gasteiger charge is -2.11. The van der Waals surface area contributed by atoms with Crippen molar-refractivity contribution in [3.05, 3.63) is 60.9 Å². The first-order chi connectivity index (χ1) is 13.2. The summed E-state index contributed by atoms with van der Waals surface area (Å²) in [6.07, 6.45) is 3.59. The molecule has 3 rings (SSSR count).